The number of para-hydroxylation sites is 1. The molecule has 0 aromatic heterocycles. The van der Waals surface area contributed by atoms with Crippen LogP contribution in [0.4, 0.5) is 16.2 Å². The Morgan fingerprint density at radius 1 is 1.17 bits per heavy atom. The van der Waals surface area contributed by atoms with Crippen LogP contribution in [0.15, 0.2) is 53.5 Å². The second-order valence-electron chi connectivity index (χ2n) is 11.0. The fraction of sp³-hybridized carbons (Fsp3) is 0.444. The number of rotatable bonds is 4. The van der Waals surface area contributed by atoms with E-state index < -0.39 is 22.8 Å². The average Bonchev–Trinajstić information content (AvgIpc) is 2.72. The van der Waals surface area contributed by atoms with Crippen molar-refractivity contribution in [3.8, 4) is 0 Å². The summed E-state index contributed by atoms with van der Waals surface area (Å²) < 4.78 is 5.39. The molecule has 1 heterocycles. The first-order valence-corrected chi connectivity index (χ1v) is 12.4. The number of anilines is 2. The highest BCUT2D eigenvalue weighted by atomic mass is 35.5. The maximum atomic E-state index is 13.5. The molecule has 36 heavy (non-hydrogen) atoms. The third-order valence-corrected chi connectivity index (χ3v) is 6.75. The maximum absolute atomic E-state index is 13.5. The summed E-state index contributed by atoms with van der Waals surface area (Å²) in [6, 6.07) is 15.0. The summed E-state index contributed by atoms with van der Waals surface area (Å²) in [5.74, 6) is -0.113. The summed E-state index contributed by atoms with van der Waals surface area (Å²) in [6.45, 7) is 8.84. The maximum Gasteiger partial charge on any atom is 0.437 e. The molecule has 8 nitrogen and oxygen atoms in total. The van der Waals surface area contributed by atoms with Gasteiger partial charge < -0.3 is 20.5 Å². The van der Waals surface area contributed by atoms with Crippen LogP contribution >= 0.6 is 11.6 Å². The van der Waals surface area contributed by atoms with Gasteiger partial charge in [-0.25, -0.2) is 4.79 Å². The van der Waals surface area contributed by atoms with Crippen molar-refractivity contribution in [2.24, 2.45) is 4.99 Å². The fourth-order valence-electron chi connectivity index (χ4n) is 4.72. The Bertz CT molecular complexity index is 1180. The number of ether oxygens (including phenoxy) is 1. The monoisotopic (exact) mass is 512 g/mol. The molecule has 0 bridgehead atoms. The van der Waals surface area contributed by atoms with Crippen LogP contribution in [0.25, 0.3) is 0 Å². The quantitative estimate of drug-likeness (QED) is 0.512. The Morgan fingerprint density at radius 2 is 1.83 bits per heavy atom. The van der Waals surface area contributed by atoms with Crippen LogP contribution in [-0.2, 0) is 15.1 Å². The molecule has 1 aliphatic carbocycles. The van der Waals surface area contributed by atoms with Gasteiger partial charge in [0.05, 0.1) is 28.3 Å². The zero-order valence-corrected chi connectivity index (χ0v) is 22.0. The number of halogens is 1. The third-order valence-electron chi connectivity index (χ3n) is 6.34. The van der Waals surface area contributed by atoms with Crippen LogP contribution in [0.5, 0.6) is 0 Å². The minimum Gasteiger partial charge on any atom is -0.442 e. The molecule has 1 saturated heterocycles. The number of guanidine groups is 1. The standard InChI is InChI=1S/C27H33ClN4O4/c1-25(2,3)36-24(34)30-23-31-27(5,16-21(33)32(23)18-14-26(4,35)15-18)19-12-9-13-20(22(19)28)29-17-10-7-6-8-11-17/h6-13,18,29,35H,14-16H2,1-5H3,(H,30,31,34)/t18?,26?,27-/m0/s1. The molecule has 2 aromatic carbocycles. The second kappa shape index (κ2) is 9.41. The molecule has 2 aromatic rings. The van der Waals surface area contributed by atoms with Crippen molar-refractivity contribution in [1.82, 2.24) is 10.2 Å². The highest BCUT2D eigenvalue weighted by molar-refractivity contribution is 6.34. The molecular formula is C27H33ClN4O4. The van der Waals surface area contributed by atoms with E-state index in [1.165, 1.54) is 4.90 Å². The first-order chi connectivity index (χ1) is 16.8. The van der Waals surface area contributed by atoms with Gasteiger partial charge >= 0.3 is 6.09 Å². The lowest BCUT2D eigenvalue weighted by Gasteiger charge is -2.51. The van der Waals surface area contributed by atoms with E-state index in [1.54, 1.807) is 27.7 Å². The first-order valence-electron chi connectivity index (χ1n) is 12.0. The van der Waals surface area contributed by atoms with E-state index in [1.807, 2.05) is 55.5 Å². The lowest BCUT2D eigenvalue weighted by molar-refractivity contribution is -0.139. The number of carbonyl (C=O) groups is 2. The SMILES string of the molecule is CC1(O)CC(N2C(=O)C[C@@](C)(c3cccc(Nc4ccccc4)c3Cl)NC2=NC(=O)OC(C)(C)C)C1. The summed E-state index contributed by atoms with van der Waals surface area (Å²) in [5, 5.41) is 17.4. The van der Waals surface area contributed by atoms with Crippen molar-refractivity contribution in [2.45, 2.75) is 76.7 Å². The van der Waals surface area contributed by atoms with Crippen molar-refractivity contribution >= 4 is 40.9 Å². The second-order valence-corrected chi connectivity index (χ2v) is 11.4. The summed E-state index contributed by atoms with van der Waals surface area (Å²) in [4.78, 5) is 31.8. The van der Waals surface area contributed by atoms with Crippen molar-refractivity contribution in [2.75, 3.05) is 5.32 Å². The molecule has 1 atom stereocenters. The van der Waals surface area contributed by atoms with E-state index in [0.29, 0.717) is 29.1 Å². The number of benzene rings is 2. The van der Waals surface area contributed by atoms with Gasteiger partial charge in [0.1, 0.15) is 5.60 Å². The van der Waals surface area contributed by atoms with Crippen molar-refractivity contribution in [3.63, 3.8) is 0 Å². The van der Waals surface area contributed by atoms with Crippen LogP contribution in [-0.4, -0.2) is 45.2 Å². The van der Waals surface area contributed by atoms with Gasteiger partial charge in [0, 0.05) is 11.7 Å². The van der Waals surface area contributed by atoms with E-state index in [9.17, 15) is 14.7 Å². The van der Waals surface area contributed by atoms with Gasteiger partial charge in [0.25, 0.3) is 0 Å². The smallest absolute Gasteiger partial charge is 0.437 e. The van der Waals surface area contributed by atoms with E-state index in [-0.39, 0.29) is 24.3 Å². The number of aliphatic hydroxyl groups is 1. The number of carbonyl (C=O) groups excluding carboxylic acids is 2. The third kappa shape index (κ3) is 5.65. The molecular weight excluding hydrogens is 480 g/mol. The van der Waals surface area contributed by atoms with Gasteiger partial charge in [-0.1, -0.05) is 41.9 Å². The van der Waals surface area contributed by atoms with Crippen molar-refractivity contribution < 1.29 is 19.4 Å². The van der Waals surface area contributed by atoms with Crippen LogP contribution in [0.1, 0.15) is 59.4 Å². The molecule has 192 valence electrons. The molecule has 9 heteroatoms. The van der Waals surface area contributed by atoms with Gasteiger partial charge in [-0.2, -0.15) is 0 Å². The van der Waals surface area contributed by atoms with E-state index in [4.69, 9.17) is 16.3 Å². The number of nitrogens with zero attached hydrogens (tertiary/aromatic N) is 2. The number of hydrogen-bond acceptors (Lipinski definition) is 5. The summed E-state index contributed by atoms with van der Waals surface area (Å²) >= 11 is 6.85. The van der Waals surface area contributed by atoms with Crippen molar-refractivity contribution in [1.29, 1.82) is 0 Å². The van der Waals surface area contributed by atoms with E-state index in [2.05, 4.69) is 15.6 Å². The van der Waals surface area contributed by atoms with Gasteiger partial charge in [0.2, 0.25) is 11.9 Å². The summed E-state index contributed by atoms with van der Waals surface area (Å²) in [5.41, 5.74) is -0.274. The Kier molecular flexibility index (Phi) is 6.79. The molecule has 4 rings (SSSR count). The molecule has 0 radical (unpaired) electrons. The topological polar surface area (TPSA) is 103 Å². The molecule has 3 N–H and O–H groups in total. The minimum atomic E-state index is -0.938. The van der Waals surface area contributed by atoms with Gasteiger partial charge in [-0.3, -0.25) is 9.69 Å². The van der Waals surface area contributed by atoms with E-state index >= 15 is 0 Å². The van der Waals surface area contributed by atoms with Gasteiger partial charge in [-0.05, 0) is 71.2 Å². The predicted molar refractivity (Wildman–Crippen MR) is 140 cm³/mol. The van der Waals surface area contributed by atoms with Gasteiger partial charge in [-0.15, -0.1) is 4.99 Å². The van der Waals surface area contributed by atoms with Crippen LogP contribution in [0.3, 0.4) is 0 Å². The molecule has 1 saturated carbocycles. The summed E-state index contributed by atoms with van der Waals surface area (Å²) in [7, 11) is 0. The largest absolute Gasteiger partial charge is 0.442 e. The molecule has 1 aliphatic heterocycles. The zero-order chi connectivity index (χ0) is 26.3. The van der Waals surface area contributed by atoms with Gasteiger partial charge in [0.15, 0.2) is 0 Å². The predicted octanol–water partition coefficient (Wildman–Crippen LogP) is 5.33. The van der Waals surface area contributed by atoms with Crippen LogP contribution in [0, 0.1) is 0 Å². The molecule has 2 fully saturated rings. The summed E-state index contributed by atoms with van der Waals surface area (Å²) in [6.07, 6.45) is 0.0698. The molecule has 0 unspecified atom stereocenters. The molecule has 0 spiro atoms. The Morgan fingerprint density at radius 3 is 2.44 bits per heavy atom. The normalized spacial score (nSPS) is 27.3. The lowest BCUT2D eigenvalue weighted by Crippen LogP contribution is -2.66. The molecule has 2 aliphatic rings. The zero-order valence-electron chi connectivity index (χ0n) is 21.3. The number of amides is 2. The first kappa shape index (κ1) is 26.0. The lowest BCUT2D eigenvalue weighted by atomic mass is 9.75. The number of aliphatic imine (C=N–C) groups is 1. The number of nitrogens with one attached hydrogen (secondary N) is 2. The minimum absolute atomic E-state index is 0.0908. The van der Waals surface area contributed by atoms with E-state index in [0.717, 1.165) is 5.69 Å². The highest BCUT2D eigenvalue weighted by Gasteiger charge is 2.50. The molecule has 2 amide bonds. The number of hydrogen-bond donors (Lipinski definition) is 3. The van der Waals surface area contributed by atoms with Crippen LogP contribution < -0.4 is 10.6 Å². The Labute approximate surface area is 216 Å². The highest BCUT2D eigenvalue weighted by Crippen LogP contribution is 2.42. The Hall–Kier alpha value is -3.10. The Balaban J connectivity index is 1.68. The fourth-order valence-corrected chi connectivity index (χ4v) is 5.10. The average molecular weight is 513 g/mol. The van der Waals surface area contributed by atoms with Crippen LogP contribution in [0.2, 0.25) is 5.02 Å². The van der Waals surface area contributed by atoms with Crippen molar-refractivity contribution in [3.05, 3.63) is 59.1 Å².